The van der Waals surface area contributed by atoms with E-state index in [4.69, 9.17) is 0 Å². The lowest BCUT2D eigenvalue weighted by Crippen LogP contribution is -2.31. The summed E-state index contributed by atoms with van der Waals surface area (Å²) in [6.07, 6.45) is 2.00. The molecule has 0 bridgehead atoms. The molecule has 0 aliphatic heterocycles. The zero-order valence-electron chi connectivity index (χ0n) is 17.2. The second-order valence-corrected chi connectivity index (χ2v) is 8.75. The molecule has 7 heteroatoms. The molecule has 0 fully saturated rings. The molecule has 1 aliphatic carbocycles. The number of amides is 3. The Morgan fingerprint density at radius 3 is 2.66 bits per heavy atom. The highest BCUT2D eigenvalue weighted by Gasteiger charge is 2.29. The molecule has 1 unspecified atom stereocenters. The van der Waals surface area contributed by atoms with Crippen LogP contribution < -0.4 is 10.6 Å². The number of methoxy groups -OCH3 is 1. The van der Waals surface area contributed by atoms with Gasteiger partial charge in [-0.05, 0) is 61.3 Å². The van der Waals surface area contributed by atoms with Crippen molar-refractivity contribution in [2.75, 3.05) is 12.4 Å². The predicted molar refractivity (Wildman–Crippen MR) is 114 cm³/mol. The number of imide groups is 1. The number of nitrogens with one attached hydrogen (secondary N) is 2. The third-order valence-corrected chi connectivity index (χ3v) is 6.50. The van der Waals surface area contributed by atoms with Gasteiger partial charge < -0.3 is 10.1 Å². The van der Waals surface area contributed by atoms with E-state index >= 15 is 0 Å². The van der Waals surface area contributed by atoms with Gasteiger partial charge in [0.25, 0.3) is 5.91 Å². The first kappa shape index (κ1) is 21.0. The highest BCUT2D eigenvalue weighted by atomic mass is 32.1. The van der Waals surface area contributed by atoms with E-state index in [0.717, 1.165) is 40.8 Å². The Morgan fingerprint density at radius 2 is 1.97 bits per heavy atom. The Labute approximate surface area is 174 Å². The molecule has 1 atom stereocenters. The average Bonchev–Trinajstić information content (AvgIpc) is 3.01. The minimum Gasteiger partial charge on any atom is -0.453 e. The molecule has 3 rings (SSSR count). The van der Waals surface area contributed by atoms with E-state index in [1.807, 2.05) is 32.0 Å². The molecule has 0 saturated heterocycles. The number of alkyl carbamates (subject to hydrolysis) is 1. The van der Waals surface area contributed by atoms with Gasteiger partial charge in [-0.15, -0.1) is 11.3 Å². The minimum absolute atomic E-state index is 0.188. The number of benzene rings is 1. The van der Waals surface area contributed by atoms with Gasteiger partial charge in [0.1, 0.15) is 5.00 Å². The van der Waals surface area contributed by atoms with Crippen LogP contribution in [-0.2, 0) is 28.8 Å². The Hall–Kier alpha value is -2.67. The highest BCUT2D eigenvalue weighted by Crippen LogP contribution is 2.39. The number of rotatable bonds is 4. The number of hydrogen-bond donors (Lipinski definition) is 2. The van der Waals surface area contributed by atoms with Crippen molar-refractivity contribution in [2.24, 2.45) is 5.92 Å². The lowest BCUT2D eigenvalue weighted by molar-refractivity contribution is -0.115. The third kappa shape index (κ3) is 4.85. The normalized spacial score (nSPS) is 15.4. The van der Waals surface area contributed by atoms with E-state index in [1.54, 1.807) is 0 Å². The van der Waals surface area contributed by atoms with Crippen molar-refractivity contribution >= 4 is 34.2 Å². The van der Waals surface area contributed by atoms with E-state index in [9.17, 15) is 14.4 Å². The van der Waals surface area contributed by atoms with Crippen LogP contribution in [0.2, 0.25) is 0 Å². The summed E-state index contributed by atoms with van der Waals surface area (Å²) in [6.45, 7) is 6.22. The van der Waals surface area contributed by atoms with Gasteiger partial charge in [0.05, 0.1) is 19.1 Å². The number of fused-ring (bicyclic) bond motifs is 1. The van der Waals surface area contributed by atoms with Crippen LogP contribution in [0.25, 0.3) is 0 Å². The first-order valence-electron chi connectivity index (χ1n) is 9.68. The van der Waals surface area contributed by atoms with Crippen LogP contribution in [0.5, 0.6) is 0 Å². The standard InChI is InChI=1S/C22H26N2O4S/c1-12-5-8-16-17(9-12)29-21(19(16)20(26)24-22(27)28-4)23-18(25)11-15-7-6-13(2)14(3)10-15/h6-7,10,12H,5,8-9,11H2,1-4H3,(H,23,25)(H,24,26,27). The summed E-state index contributed by atoms with van der Waals surface area (Å²) in [5.74, 6) is -0.200. The van der Waals surface area contributed by atoms with E-state index in [-0.39, 0.29) is 12.3 Å². The summed E-state index contributed by atoms with van der Waals surface area (Å²) in [5, 5.41) is 5.63. The first-order chi connectivity index (χ1) is 13.8. The van der Waals surface area contributed by atoms with Gasteiger partial charge in [-0.1, -0.05) is 25.1 Å². The first-order valence-corrected chi connectivity index (χ1v) is 10.5. The van der Waals surface area contributed by atoms with Crippen LogP contribution in [0, 0.1) is 19.8 Å². The molecule has 29 heavy (non-hydrogen) atoms. The van der Waals surface area contributed by atoms with E-state index in [2.05, 4.69) is 22.3 Å². The monoisotopic (exact) mass is 414 g/mol. The second-order valence-electron chi connectivity index (χ2n) is 7.65. The molecule has 0 saturated carbocycles. The smallest absolute Gasteiger partial charge is 0.413 e. The van der Waals surface area contributed by atoms with Gasteiger partial charge in [-0.3, -0.25) is 14.9 Å². The molecule has 2 N–H and O–H groups in total. The molecular weight excluding hydrogens is 388 g/mol. The van der Waals surface area contributed by atoms with E-state index in [1.165, 1.54) is 24.0 Å². The number of anilines is 1. The summed E-state index contributed by atoms with van der Waals surface area (Å²) >= 11 is 1.43. The fourth-order valence-corrected chi connectivity index (χ4v) is 4.98. The molecule has 3 amide bonds. The maximum Gasteiger partial charge on any atom is 0.413 e. The summed E-state index contributed by atoms with van der Waals surface area (Å²) in [7, 11) is 1.21. The molecule has 154 valence electrons. The van der Waals surface area contributed by atoms with E-state index < -0.39 is 12.0 Å². The summed E-state index contributed by atoms with van der Waals surface area (Å²) in [6, 6.07) is 5.94. The van der Waals surface area contributed by atoms with Crippen molar-refractivity contribution < 1.29 is 19.1 Å². The molecule has 1 heterocycles. The number of ether oxygens (including phenoxy) is 1. The highest BCUT2D eigenvalue weighted by molar-refractivity contribution is 7.17. The van der Waals surface area contributed by atoms with Gasteiger partial charge in [-0.2, -0.15) is 0 Å². The topological polar surface area (TPSA) is 84.5 Å². The van der Waals surface area contributed by atoms with Gasteiger partial charge >= 0.3 is 6.09 Å². The second kappa shape index (κ2) is 8.78. The van der Waals surface area contributed by atoms with Crippen LogP contribution in [-0.4, -0.2) is 25.0 Å². The van der Waals surface area contributed by atoms with Crippen molar-refractivity contribution in [3.63, 3.8) is 0 Å². The fraction of sp³-hybridized carbons (Fsp3) is 0.409. The van der Waals surface area contributed by atoms with Gasteiger partial charge in [0, 0.05) is 4.88 Å². The Bertz CT molecular complexity index is 964. The number of aryl methyl sites for hydroxylation is 2. The van der Waals surface area contributed by atoms with Crippen molar-refractivity contribution in [1.29, 1.82) is 0 Å². The minimum atomic E-state index is -0.813. The number of thiophene rings is 1. The van der Waals surface area contributed by atoms with Crippen molar-refractivity contribution in [3.05, 3.63) is 50.9 Å². The fourth-order valence-electron chi connectivity index (χ4n) is 3.55. The molecule has 6 nitrogen and oxygen atoms in total. The number of hydrogen-bond acceptors (Lipinski definition) is 5. The van der Waals surface area contributed by atoms with Crippen LogP contribution in [0.15, 0.2) is 18.2 Å². The van der Waals surface area contributed by atoms with Crippen LogP contribution in [0.1, 0.15) is 50.8 Å². The molecule has 0 spiro atoms. The Morgan fingerprint density at radius 1 is 1.21 bits per heavy atom. The quantitative estimate of drug-likeness (QED) is 0.786. The lowest BCUT2D eigenvalue weighted by atomic mass is 9.88. The maximum atomic E-state index is 12.7. The number of carbonyl (C=O) groups excluding carboxylic acids is 3. The van der Waals surface area contributed by atoms with Crippen molar-refractivity contribution in [3.8, 4) is 0 Å². The van der Waals surface area contributed by atoms with Crippen molar-refractivity contribution in [2.45, 2.75) is 46.5 Å². The van der Waals surface area contributed by atoms with Gasteiger partial charge in [-0.25, -0.2) is 4.79 Å². The van der Waals surface area contributed by atoms with E-state index in [0.29, 0.717) is 16.5 Å². The maximum absolute atomic E-state index is 12.7. The predicted octanol–water partition coefficient (Wildman–Crippen LogP) is 4.17. The Balaban J connectivity index is 1.85. The molecule has 2 aromatic rings. The third-order valence-electron chi connectivity index (χ3n) is 5.33. The molecular formula is C22H26N2O4S. The van der Waals surface area contributed by atoms with Crippen LogP contribution in [0.4, 0.5) is 9.80 Å². The zero-order chi connectivity index (χ0) is 21.1. The summed E-state index contributed by atoms with van der Waals surface area (Å²) < 4.78 is 4.55. The van der Waals surface area contributed by atoms with Gasteiger partial charge in [0.15, 0.2) is 0 Å². The Kier molecular flexibility index (Phi) is 6.37. The molecule has 0 radical (unpaired) electrons. The molecule has 1 aromatic carbocycles. The van der Waals surface area contributed by atoms with Crippen LogP contribution in [0.3, 0.4) is 0 Å². The average molecular weight is 415 g/mol. The SMILES string of the molecule is COC(=O)NC(=O)c1c(NC(=O)Cc2ccc(C)c(C)c2)sc2c1CCC(C)C2. The summed E-state index contributed by atoms with van der Waals surface area (Å²) in [4.78, 5) is 38.0. The lowest BCUT2D eigenvalue weighted by Gasteiger charge is -2.18. The summed E-state index contributed by atoms with van der Waals surface area (Å²) in [5.41, 5.74) is 4.54. The molecule has 1 aliphatic rings. The van der Waals surface area contributed by atoms with Crippen molar-refractivity contribution in [1.82, 2.24) is 5.32 Å². The zero-order valence-corrected chi connectivity index (χ0v) is 18.0. The largest absolute Gasteiger partial charge is 0.453 e. The van der Waals surface area contributed by atoms with Gasteiger partial charge in [0.2, 0.25) is 5.91 Å². The number of carbonyl (C=O) groups is 3. The van der Waals surface area contributed by atoms with Crippen LogP contribution >= 0.6 is 11.3 Å². The molecule has 1 aromatic heterocycles.